The maximum absolute atomic E-state index is 13.6. The first-order valence-electron chi connectivity index (χ1n) is 5.62. The third kappa shape index (κ3) is 2.46. The van der Waals surface area contributed by atoms with E-state index in [1.165, 1.54) is 6.07 Å². The first kappa shape index (κ1) is 13.6. The molecule has 0 radical (unpaired) electrons. The molecule has 2 N–H and O–H groups in total. The van der Waals surface area contributed by atoms with Crippen molar-refractivity contribution >= 4 is 27.3 Å². The monoisotopic (exact) mass is 318 g/mol. The quantitative estimate of drug-likeness (QED) is 0.866. The zero-order valence-electron chi connectivity index (χ0n) is 10.3. The molecule has 1 heterocycles. The molecule has 1 aliphatic heterocycles. The summed E-state index contributed by atoms with van der Waals surface area (Å²) in [6, 6.07) is 3.01. The lowest BCUT2D eigenvalue weighted by Gasteiger charge is -2.20. The minimum absolute atomic E-state index is 0.0268. The number of hydrogen-bond acceptors (Lipinski definition) is 4. The molecule has 1 fully saturated rings. The Morgan fingerprint density at radius 1 is 1.28 bits per heavy atom. The smallest absolute Gasteiger partial charge is 0.139 e. The predicted molar refractivity (Wildman–Crippen MR) is 72.3 cm³/mol. The van der Waals surface area contributed by atoms with Crippen LogP contribution in [0, 0.1) is 5.82 Å². The standard InChI is InChI=1S/C12H16BrFN2O2/c1-17-11-5-16(6-12(11)18-2)10-4-8(14)7(13)3-9(10)15/h3-4,11-12H,5-6,15H2,1-2H3. The van der Waals surface area contributed by atoms with Gasteiger partial charge in [0.2, 0.25) is 0 Å². The summed E-state index contributed by atoms with van der Waals surface area (Å²) in [7, 11) is 3.29. The number of anilines is 2. The molecule has 2 unspecified atom stereocenters. The van der Waals surface area contributed by atoms with Gasteiger partial charge in [-0.15, -0.1) is 0 Å². The van der Waals surface area contributed by atoms with Crippen LogP contribution in [-0.2, 0) is 9.47 Å². The van der Waals surface area contributed by atoms with E-state index in [1.807, 2.05) is 4.90 Å². The lowest BCUT2D eigenvalue weighted by Crippen LogP contribution is -2.27. The Hall–Kier alpha value is -0.850. The Morgan fingerprint density at radius 2 is 1.83 bits per heavy atom. The van der Waals surface area contributed by atoms with Crippen molar-refractivity contribution in [3.8, 4) is 0 Å². The van der Waals surface area contributed by atoms with Gasteiger partial charge in [-0.25, -0.2) is 4.39 Å². The van der Waals surface area contributed by atoms with Crippen molar-refractivity contribution < 1.29 is 13.9 Å². The van der Waals surface area contributed by atoms with Gasteiger partial charge in [-0.2, -0.15) is 0 Å². The van der Waals surface area contributed by atoms with Gasteiger partial charge in [0.25, 0.3) is 0 Å². The highest BCUT2D eigenvalue weighted by molar-refractivity contribution is 9.10. The number of rotatable bonds is 3. The van der Waals surface area contributed by atoms with E-state index in [0.717, 1.165) is 0 Å². The summed E-state index contributed by atoms with van der Waals surface area (Å²) in [4.78, 5) is 1.98. The average Bonchev–Trinajstić information content (AvgIpc) is 2.76. The second-order valence-corrected chi connectivity index (χ2v) is 5.13. The predicted octanol–water partition coefficient (Wildman–Crippen LogP) is 2.02. The summed E-state index contributed by atoms with van der Waals surface area (Å²) in [6.07, 6.45) is -0.0535. The summed E-state index contributed by atoms with van der Waals surface area (Å²) >= 11 is 3.12. The van der Waals surface area contributed by atoms with Gasteiger partial charge in [0.1, 0.15) is 18.0 Å². The van der Waals surface area contributed by atoms with Gasteiger partial charge in [-0.05, 0) is 22.0 Å². The van der Waals surface area contributed by atoms with Gasteiger partial charge in [0, 0.05) is 33.4 Å². The van der Waals surface area contributed by atoms with Crippen molar-refractivity contribution in [3.05, 3.63) is 22.4 Å². The van der Waals surface area contributed by atoms with E-state index >= 15 is 0 Å². The normalized spacial score (nSPS) is 23.7. The lowest BCUT2D eigenvalue weighted by molar-refractivity contribution is -0.00461. The second kappa shape index (κ2) is 5.42. The van der Waals surface area contributed by atoms with Crippen molar-refractivity contribution in [1.29, 1.82) is 0 Å². The SMILES string of the molecule is COC1CN(c2cc(F)c(Br)cc2N)CC1OC. The molecule has 6 heteroatoms. The highest BCUT2D eigenvalue weighted by Crippen LogP contribution is 2.32. The van der Waals surface area contributed by atoms with Crippen LogP contribution in [-0.4, -0.2) is 39.5 Å². The zero-order chi connectivity index (χ0) is 13.3. The maximum Gasteiger partial charge on any atom is 0.139 e. The molecular weight excluding hydrogens is 303 g/mol. The minimum Gasteiger partial charge on any atom is -0.397 e. The van der Waals surface area contributed by atoms with Crippen LogP contribution in [0.3, 0.4) is 0 Å². The number of ether oxygens (including phenoxy) is 2. The van der Waals surface area contributed by atoms with Crippen LogP contribution in [0.4, 0.5) is 15.8 Å². The number of benzene rings is 1. The van der Waals surface area contributed by atoms with Crippen LogP contribution in [0.25, 0.3) is 0 Å². The molecule has 0 saturated carbocycles. The third-order valence-corrected chi connectivity index (χ3v) is 3.84. The molecule has 1 aliphatic rings. The Morgan fingerprint density at radius 3 is 2.33 bits per heavy atom. The van der Waals surface area contributed by atoms with E-state index in [0.29, 0.717) is 28.9 Å². The summed E-state index contributed by atoms with van der Waals surface area (Å²) in [5.41, 5.74) is 7.14. The summed E-state index contributed by atoms with van der Waals surface area (Å²) in [5, 5.41) is 0. The number of hydrogen-bond donors (Lipinski definition) is 1. The van der Waals surface area contributed by atoms with Gasteiger partial charge >= 0.3 is 0 Å². The fourth-order valence-electron chi connectivity index (χ4n) is 2.22. The van der Waals surface area contributed by atoms with Crippen molar-refractivity contribution in [2.45, 2.75) is 12.2 Å². The van der Waals surface area contributed by atoms with Crippen LogP contribution in [0.1, 0.15) is 0 Å². The van der Waals surface area contributed by atoms with Crippen molar-refractivity contribution in [3.63, 3.8) is 0 Å². The Labute approximate surface area is 114 Å². The number of methoxy groups -OCH3 is 2. The highest BCUT2D eigenvalue weighted by atomic mass is 79.9. The van der Waals surface area contributed by atoms with Crippen LogP contribution in [0.2, 0.25) is 0 Å². The highest BCUT2D eigenvalue weighted by Gasteiger charge is 2.34. The Balaban J connectivity index is 2.25. The van der Waals surface area contributed by atoms with Crippen LogP contribution in [0.15, 0.2) is 16.6 Å². The largest absolute Gasteiger partial charge is 0.397 e. The molecule has 2 atom stereocenters. The second-order valence-electron chi connectivity index (χ2n) is 4.28. The first-order chi connectivity index (χ1) is 8.56. The molecule has 0 aliphatic carbocycles. The van der Waals surface area contributed by atoms with Crippen LogP contribution >= 0.6 is 15.9 Å². The first-order valence-corrected chi connectivity index (χ1v) is 6.41. The van der Waals surface area contributed by atoms with E-state index in [-0.39, 0.29) is 18.0 Å². The molecule has 2 rings (SSSR count). The Kier molecular flexibility index (Phi) is 4.09. The molecule has 0 aromatic heterocycles. The van der Waals surface area contributed by atoms with Crippen molar-refractivity contribution in [2.75, 3.05) is 37.9 Å². The van der Waals surface area contributed by atoms with Crippen molar-refractivity contribution in [1.82, 2.24) is 0 Å². The fourth-order valence-corrected chi connectivity index (χ4v) is 2.58. The van der Waals surface area contributed by atoms with Crippen LogP contribution in [0.5, 0.6) is 0 Å². The number of nitrogen functional groups attached to an aromatic ring is 1. The van der Waals surface area contributed by atoms with E-state index < -0.39 is 0 Å². The molecule has 0 bridgehead atoms. The topological polar surface area (TPSA) is 47.7 Å². The molecule has 18 heavy (non-hydrogen) atoms. The number of nitrogens with two attached hydrogens (primary N) is 1. The van der Waals surface area contributed by atoms with Crippen molar-refractivity contribution in [2.24, 2.45) is 0 Å². The van der Waals surface area contributed by atoms with Gasteiger partial charge in [0.05, 0.1) is 15.8 Å². The molecule has 0 spiro atoms. The summed E-state index contributed by atoms with van der Waals surface area (Å²) in [6.45, 7) is 1.28. The van der Waals surface area contributed by atoms with Gasteiger partial charge in [0.15, 0.2) is 0 Å². The number of nitrogens with zero attached hydrogens (tertiary/aromatic N) is 1. The van der Waals surface area contributed by atoms with E-state index in [2.05, 4.69) is 15.9 Å². The average molecular weight is 319 g/mol. The molecule has 1 aromatic rings. The third-order valence-electron chi connectivity index (χ3n) is 3.23. The van der Waals surface area contributed by atoms with Crippen LogP contribution < -0.4 is 10.6 Å². The molecular formula is C12H16BrFN2O2. The molecule has 4 nitrogen and oxygen atoms in total. The lowest BCUT2D eigenvalue weighted by atomic mass is 10.2. The maximum atomic E-state index is 13.6. The number of halogens is 2. The van der Waals surface area contributed by atoms with E-state index in [4.69, 9.17) is 15.2 Å². The van der Waals surface area contributed by atoms with Gasteiger partial charge < -0.3 is 20.1 Å². The molecule has 100 valence electrons. The minimum atomic E-state index is -0.325. The summed E-state index contributed by atoms with van der Waals surface area (Å²) in [5.74, 6) is -0.325. The Bertz CT molecular complexity index is 432. The van der Waals surface area contributed by atoms with E-state index in [1.54, 1.807) is 20.3 Å². The molecule has 0 amide bonds. The molecule has 1 aromatic carbocycles. The van der Waals surface area contributed by atoms with Gasteiger partial charge in [-0.1, -0.05) is 0 Å². The molecule has 1 saturated heterocycles. The summed E-state index contributed by atoms with van der Waals surface area (Å²) < 4.78 is 24.6. The van der Waals surface area contributed by atoms with Gasteiger partial charge in [-0.3, -0.25) is 0 Å². The fraction of sp³-hybridized carbons (Fsp3) is 0.500. The zero-order valence-corrected chi connectivity index (χ0v) is 11.9. The van der Waals surface area contributed by atoms with E-state index in [9.17, 15) is 4.39 Å².